The number of aryl methyl sites for hydroxylation is 1. The van der Waals surface area contributed by atoms with Crippen LogP contribution in [0.25, 0.3) is 11.3 Å². The number of rotatable bonds is 2. The first-order valence-electron chi connectivity index (χ1n) is 4.86. The van der Waals surface area contributed by atoms with Gasteiger partial charge in [-0.05, 0) is 18.2 Å². The normalized spacial score (nSPS) is 11.1. The molecule has 0 bridgehead atoms. The highest BCUT2D eigenvalue weighted by atomic mass is 35.5. The molecule has 17 heavy (non-hydrogen) atoms. The first-order valence-corrected chi connectivity index (χ1v) is 5.24. The Bertz CT molecular complexity index is 552. The standard InChI is InChI=1S/C11H10ClF2N3/c1-17-5-8(11(13)14)10(16-17)7-4-6(12)2-3-9(7)15/h2-5,11H,15H2,1H3. The van der Waals surface area contributed by atoms with E-state index in [4.69, 9.17) is 17.3 Å². The molecule has 0 unspecified atom stereocenters. The molecule has 1 aromatic carbocycles. The summed E-state index contributed by atoms with van der Waals surface area (Å²) in [6, 6.07) is 4.71. The van der Waals surface area contributed by atoms with Crippen LogP contribution in [-0.4, -0.2) is 9.78 Å². The number of benzene rings is 1. The summed E-state index contributed by atoms with van der Waals surface area (Å²) in [6.07, 6.45) is -1.32. The van der Waals surface area contributed by atoms with Gasteiger partial charge < -0.3 is 5.73 Å². The zero-order chi connectivity index (χ0) is 12.6. The molecule has 1 heterocycles. The van der Waals surface area contributed by atoms with Crippen molar-refractivity contribution in [1.82, 2.24) is 9.78 Å². The van der Waals surface area contributed by atoms with Crippen molar-refractivity contribution < 1.29 is 8.78 Å². The molecule has 0 aliphatic heterocycles. The molecule has 0 spiro atoms. The molecule has 0 aliphatic rings. The molecule has 3 nitrogen and oxygen atoms in total. The molecule has 2 rings (SSSR count). The fourth-order valence-corrected chi connectivity index (χ4v) is 1.78. The molecule has 0 fully saturated rings. The van der Waals surface area contributed by atoms with Crippen molar-refractivity contribution in [3.8, 4) is 11.3 Å². The lowest BCUT2D eigenvalue weighted by molar-refractivity contribution is 0.152. The molecule has 0 atom stereocenters. The van der Waals surface area contributed by atoms with Gasteiger partial charge in [-0.25, -0.2) is 8.78 Å². The maximum absolute atomic E-state index is 12.8. The zero-order valence-electron chi connectivity index (χ0n) is 8.99. The van der Waals surface area contributed by atoms with E-state index in [9.17, 15) is 8.78 Å². The van der Waals surface area contributed by atoms with E-state index in [0.717, 1.165) is 0 Å². The van der Waals surface area contributed by atoms with Gasteiger partial charge in [0.1, 0.15) is 5.69 Å². The Morgan fingerprint density at radius 1 is 1.41 bits per heavy atom. The predicted octanol–water partition coefficient (Wildman–Crippen LogP) is 3.26. The van der Waals surface area contributed by atoms with Crippen LogP contribution < -0.4 is 5.73 Å². The number of nitrogens with zero attached hydrogens (tertiary/aromatic N) is 2. The van der Waals surface area contributed by atoms with E-state index in [0.29, 0.717) is 16.3 Å². The molecule has 0 radical (unpaired) electrons. The molecular formula is C11H10ClF2N3. The number of hydrogen-bond donors (Lipinski definition) is 1. The summed E-state index contributed by atoms with van der Waals surface area (Å²) in [7, 11) is 1.58. The van der Waals surface area contributed by atoms with Crippen molar-refractivity contribution in [3.05, 3.63) is 35.0 Å². The van der Waals surface area contributed by atoms with E-state index in [2.05, 4.69) is 5.10 Å². The average Bonchev–Trinajstić information content (AvgIpc) is 2.64. The summed E-state index contributed by atoms with van der Waals surface area (Å²) in [4.78, 5) is 0. The topological polar surface area (TPSA) is 43.8 Å². The van der Waals surface area contributed by atoms with Gasteiger partial charge in [-0.1, -0.05) is 11.6 Å². The van der Waals surface area contributed by atoms with E-state index < -0.39 is 6.43 Å². The highest BCUT2D eigenvalue weighted by molar-refractivity contribution is 6.31. The fraction of sp³-hybridized carbons (Fsp3) is 0.182. The van der Waals surface area contributed by atoms with Crippen LogP contribution in [-0.2, 0) is 7.05 Å². The molecule has 1 aromatic heterocycles. The number of halogens is 3. The van der Waals surface area contributed by atoms with Crippen LogP contribution in [0.4, 0.5) is 14.5 Å². The molecule has 6 heteroatoms. The third-order valence-corrected chi connectivity index (χ3v) is 2.60. The van der Waals surface area contributed by atoms with Crippen molar-refractivity contribution in [1.29, 1.82) is 0 Å². The lowest BCUT2D eigenvalue weighted by atomic mass is 10.1. The van der Waals surface area contributed by atoms with Crippen LogP contribution >= 0.6 is 11.6 Å². The van der Waals surface area contributed by atoms with Crippen molar-refractivity contribution in [2.24, 2.45) is 7.05 Å². The molecule has 0 saturated heterocycles. The van der Waals surface area contributed by atoms with Crippen LogP contribution in [0.3, 0.4) is 0 Å². The minimum Gasteiger partial charge on any atom is -0.398 e. The Hall–Kier alpha value is -1.62. The SMILES string of the molecule is Cn1cc(C(F)F)c(-c2cc(Cl)ccc2N)n1. The van der Waals surface area contributed by atoms with Crippen LogP contribution in [0.2, 0.25) is 5.02 Å². The monoisotopic (exact) mass is 257 g/mol. The third kappa shape index (κ3) is 2.24. The van der Waals surface area contributed by atoms with Gasteiger partial charge >= 0.3 is 0 Å². The maximum Gasteiger partial charge on any atom is 0.267 e. The first-order chi connectivity index (χ1) is 7.99. The van der Waals surface area contributed by atoms with E-state index in [1.54, 1.807) is 19.2 Å². The minimum atomic E-state index is -2.60. The lowest BCUT2D eigenvalue weighted by Gasteiger charge is -2.05. The summed E-state index contributed by atoms with van der Waals surface area (Å²) in [5.41, 5.74) is 6.56. The number of nitrogens with two attached hydrogens (primary N) is 1. The second kappa shape index (κ2) is 4.33. The van der Waals surface area contributed by atoms with Gasteiger partial charge in [0.2, 0.25) is 0 Å². The maximum atomic E-state index is 12.8. The lowest BCUT2D eigenvalue weighted by Crippen LogP contribution is -1.94. The second-order valence-corrected chi connectivity index (χ2v) is 4.08. The molecule has 0 saturated carbocycles. The van der Waals surface area contributed by atoms with Gasteiger partial charge in [0, 0.05) is 29.5 Å². The molecular weight excluding hydrogens is 248 g/mol. The number of anilines is 1. The smallest absolute Gasteiger partial charge is 0.267 e. The van der Waals surface area contributed by atoms with Gasteiger partial charge in [0.25, 0.3) is 6.43 Å². The summed E-state index contributed by atoms with van der Waals surface area (Å²) < 4.78 is 27.0. The van der Waals surface area contributed by atoms with Crippen LogP contribution in [0.15, 0.2) is 24.4 Å². The summed E-state index contributed by atoms with van der Waals surface area (Å²) in [5.74, 6) is 0. The first kappa shape index (κ1) is 11.9. The third-order valence-electron chi connectivity index (χ3n) is 2.36. The number of aromatic nitrogens is 2. The summed E-state index contributed by atoms with van der Waals surface area (Å²) in [6.45, 7) is 0. The molecule has 2 aromatic rings. The highest BCUT2D eigenvalue weighted by Gasteiger charge is 2.19. The zero-order valence-corrected chi connectivity index (χ0v) is 9.75. The Balaban J connectivity index is 2.63. The van der Waals surface area contributed by atoms with Gasteiger partial charge in [-0.3, -0.25) is 4.68 Å². The Morgan fingerprint density at radius 3 is 2.76 bits per heavy atom. The van der Waals surface area contributed by atoms with Crippen molar-refractivity contribution in [3.63, 3.8) is 0 Å². The Labute approximate surface area is 102 Å². The number of hydrogen-bond acceptors (Lipinski definition) is 2. The number of nitrogen functional groups attached to an aromatic ring is 1. The van der Waals surface area contributed by atoms with E-state index in [1.807, 2.05) is 0 Å². The second-order valence-electron chi connectivity index (χ2n) is 3.64. The van der Waals surface area contributed by atoms with Gasteiger partial charge in [-0.2, -0.15) is 5.10 Å². The van der Waals surface area contributed by atoms with Gasteiger partial charge in [0.05, 0.1) is 5.56 Å². The van der Waals surface area contributed by atoms with Crippen LogP contribution in [0.5, 0.6) is 0 Å². The summed E-state index contributed by atoms with van der Waals surface area (Å²) in [5, 5.41) is 4.43. The number of alkyl halides is 2. The quantitative estimate of drug-likeness (QED) is 0.839. The van der Waals surface area contributed by atoms with E-state index in [-0.39, 0.29) is 11.3 Å². The van der Waals surface area contributed by atoms with Gasteiger partial charge in [-0.15, -0.1) is 0 Å². The van der Waals surface area contributed by atoms with Gasteiger partial charge in [0.15, 0.2) is 0 Å². The Morgan fingerprint density at radius 2 is 2.12 bits per heavy atom. The van der Waals surface area contributed by atoms with E-state index in [1.165, 1.54) is 16.9 Å². The summed E-state index contributed by atoms with van der Waals surface area (Å²) >= 11 is 5.83. The van der Waals surface area contributed by atoms with E-state index >= 15 is 0 Å². The minimum absolute atomic E-state index is 0.151. The van der Waals surface area contributed by atoms with Crippen molar-refractivity contribution >= 4 is 17.3 Å². The van der Waals surface area contributed by atoms with Crippen molar-refractivity contribution in [2.45, 2.75) is 6.43 Å². The largest absolute Gasteiger partial charge is 0.398 e. The van der Waals surface area contributed by atoms with Crippen molar-refractivity contribution in [2.75, 3.05) is 5.73 Å². The Kier molecular flexibility index (Phi) is 3.02. The molecule has 0 aliphatic carbocycles. The van der Waals surface area contributed by atoms with Crippen LogP contribution in [0.1, 0.15) is 12.0 Å². The fourth-order valence-electron chi connectivity index (χ4n) is 1.61. The highest BCUT2D eigenvalue weighted by Crippen LogP contribution is 2.34. The van der Waals surface area contributed by atoms with Crippen LogP contribution in [0, 0.1) is 0 Å². The molecule has 90 valence electrons. The molecule has 0 amide bonds. The molecule has 2 N–H and O–H groups in total. The average molecular weight is 258 g/mol. The predicted molar refractivity (Wildman–Crippen MR) is 63.0 cm³/mol.